The summed E-state index contributed by atoms with van der Waals surface area (Å²) in [7, 11) is -2.22. The molecule has 0 saturated heterocycles. The van der Waals surface area contributed by atoms with Crippen LogP contribution in [0.25, 0.3) is 0 Å². The van der Waals surface area contributed by atoms with Crippen LogP contribution in [0, 0.1) is 6.92 Å². The number of hydrogen-bond donors (Lipinski definition) is 2. The first-order chi connectivity index (χ1) is 14.9. The maximum absolute atomic E-state index is 12.5. The number of amides is 1. The average Bonchev–Trinajstić information content (AvgIpc) is 2.71. The topological polar surface area (TPSA) is 111 Å². The predicted octanol–water partition coefficient (Wildman–Crippen LogP) is 2.60. The van der Waals surface area contributed by atoms with E-state index in [2.05, 4.69) is 10.0 Å². The smallest absolute Gasteiger partial charge is 0.338 e. The molecule has 0 aliphatic heterocycles. The molecule has 0 unspecified atom stereocenters. The highest BCUT2D eigenvalue weighted by molar-refractivity contribution is 7.89. The molecule has 2 N–H and O–H groups in total. The first-order valence-electron chi connectivity index (χ1n) is 10.1. The third-order valence-corrected chi connectivity index (χ3v) is 6.16. The highest BCUT2D eigenvalue weighted by Crippen LogP contribution is 2.18. The Morgan fingerprint density at radius 3 is 2.28 bits per heavy atom. The highest BCUT2D eigenvalue weighted by Gasteiger charge is 2.24. The van der Waals surface area contributed by atoms with Gasteiger partial charge in [0.2, 0.25) is 10.0 Å². The second-order valence-electron chi connectivity index (χ2n) is 8.36. The fourth-order valence-electron chi connectivity index (χ4n) is 2.85. The Balaban J connectivity index is 1.92. The number of hydrogen-bond acceptors (Lipinski definition) is 6. The van der Waals surface area contributed by atoms with Crippen molar-refractivity contribution in [1.82, 2.24) is 10.0 Å². The molecule has 0 aromatic heterocycles. The molecular formula is C23H30N2O6S. The van der Waals surface area contributed by atoms with Gasteiger partial charge in [-0.25, -0.2) is 17.9 Å². The van der Waals surface area contributed by atoms with Crippen LogP contribution in [-0.2, 0) is 26.0 Å². The van der Waals surface area contributed by atoms with Crippen LogP contribution < -0.4 is 14.8 Å². The molecule has 32 heavy (non-hydrogen) atoms. The van der Waals surface area contributed by atoms with Gasteiger partial charge in [0.05, 0.1) is 17.6 Å². The van der Waals surface area contributed by atoms with Crippen molar-refractivity contribution in [3.8, 4) is 5.75 Å². The summed E-state index contributed by atoms with van der Waals surface area (Å²) < 4.78 is 37.8. The van der Waals surface area contributed by atoms with Gasteiger partial charge in [0.25, 0.3) is 5.91 Å². The Morgan fingerprint density at radius 2 is 1.69 bits per heavy atom. The number of aryl methyl sites for hydroxylation is 1. The van der Waals surface area contributed by atoms with Crippen LogP contribution in [0.1, 0.15) is 42.3 Å². The van der Waals surface area contributed by atoms with Crippen LogP contribution in [0.5, 0.6) is 5.75 Å². The standard InChI is InChI=1S/C23H30N2O6S/c1-16-6-11-19(32(28,29)25-23(2,3)4)14-20(16)22(27)31-15-21(26)24-13-12-17-7-9-18(30-5)10-8-17/h6-11,14,25H,12-13,15H2,1-5H3,(H,24,26). The van der Waals surface area contributed by atoms with E-state index < -0.39 is 34.0 Å². The molecular weight excluding hydrogens is 432 g/mol. The summed E-state index contributed by atoms with van der Waals surface area (Å²) in [5, 5.41) is 2.69. The Bertz CT molecular complexity index is 1060. The first kappa shape index (κ1) is 25.4. The molecule has 1 amide bonds. The van der Waals surface area contributed by atoms with Crippen LogP contribution in [0.3, 0.4) is 0 Å². The minimum Gasteiger partial charge on any atom is -0.497 e. The molecule has 0 atom stereocenters. The Kier molecular flexibility index (Phi) is 8.40. The number of sulfonamides is 1. The molecule has 0 radical (unpaired) electrons. The van der Waals surface area contributed by atoms with Gasteiger partial charge in [-0.2, -0.15) is 0 Å². The van der Waals surface area contributed by atoms with Crippen LogP contribution in [0.15, 0.2) is 47.4 Å². The summed E-state index contributed by atoms with van der Waals surface area (Å²) in [6, 6.07) is 11.7. The minimum absolute atomic E-state index is 0.0473. The number of ether oxygens (including phenoxy) is 2. The third kappa shape index (κ3) is 7.65. The van der Waals surface area contributed by atoms with Gasteiger partial charge in [0.1, 0.15) is 5.75 Å². The lowest BCUT2D eigenvalue weighted by Crippen LogP contribution is -2.40. The zero-order valence-electron chi connectivity index (χ0n) is 19.0. The summed E-state index contributed by atoms with van der Waals surface area (Å²) in [6.07, 6.45) is 0.615. The van der Waals surface area contributed by atoms with Crippen molar-refractivity contribution in [2.75, 3.05) is 20.3 Å². The molecule has 0 saturated carbocycles. The maximum atomic E-state index is 12.5. The zero-order chi connectivity index (χ0) is 23.9. The first-order valence-corrected chi connectivity index (χ1v) is 11.6. The zero-order valence-corrected chi connectivity index (χ0v) is 19.8. The van der Waals surface area contributed by atoms with E-state index in [9.17, 15) is 18.0 Å². The summed E-state index contributed by atoms with van der Waals surface area (Å²) in [5.41, 5.74) is 0.993. The molecule has 2 rings (SSSR count). The normalized spacial score (nSPS) is 11.7. The van der Waals surface area contributed by atoms with Crippen molar-refractivity contribution in [3.63, 3.8) is 0 Å². The van der Waals surface area contributed by atoms with E-state index in [1.165, 1.54) is 18.2 Å². The van der Waals surface area contributed by atoms with Crippen LogP contribution >= 0.6 is 0 Å². The number of benzene rings is 2. The van der Waals surface area contributed by atoms with E-state index in [4.69, 9.17) is 9.47 Å². The summed E-state index contributed by atoms with van der Waals surface area (Å²) in [5.74, 6) is -0.450. The van der Waals surface area contributed by atoms with E-state index in [0.29, 0.717) is 18.5 Å². The Morgan fingerprint density at radius 1 is 1.03 bits per heavy atom. The van der Waals surface area contributed by atoms with Crippen molar-refractivity contribution in [2.24, 2.45) is 0 Å². The van der Waals surface area contributed by atoms with Crippen molar-refractivity contribution in [1.29, 1.82) is 0 Å². The molecule has 0 spiro atoms. The van der Waals surface area contributed by atoms with Gasteiger partial charge >= 0.3 is 5.97 Å². The molecule has 0 heterocycles. The largest absolute Gasteiger partial charge is 0.497 e. The van der Waals surface area contributed by atoms with Gasteiger partial charge in [0, 0.05) is 12.1 Å². The molecule has 2 aromatic rings. The number of rotatable bonds is 9. The third-order valence-electron chi connectivity index (χ3n) is 4.41. The lowest BCUT2D eigenvalue weighted by atomic mass is 10.1. The maximum Gasteiger partial charge on any atom is 0.338 e. The van der Waals surface area contributed by atoms with Crippen LogP contribution in [0.4, 0.5) is 0 Å². The number of carbonyl (C=O) groups is 2. The van der Waals surface area contributed by atoms with Crippen molar-refractivity contribution >= 4 is 21.9 Å². The van der Waals surface area contributed by atoms with Gasteiger partial charge in [-0.1, -0.05) is 18.2 Å². The van der Waals surface area contributed by atoms with E-state index in [1.54, 1.807) is 34.8 Å². The van der Waals surface area contributed by atoms with E-state index in [1.807, 2.05) is 24.3 Å². The van der Waals surface area contributed by atoms with Gasteiger partial charge < -0.3 is 14.8 Å². The van der Waals surface area contributed by atoms with Gasteiger partial charge in [-0.3, -0.25) is 4.79 Å². The quantitative estimate of drug-likeness (QED) is 0.554. The minimum atomic E-state index is -3.81. The van der Waals surface area contributed by atoms with Gasteiger partial charge in [-0.15, -0.1) is 0 Å². The molecule has 0 bridgehead atoms. The van der Waals surface area contributed by atoms with Gasteiger partial charge in [0.15, 0.2) is 6.61 Å². The summed E-state index contributed by atoms with van der Waals surface area (Å²) in [4.78, 5) is 24.4. The summed E-state index contributed by atoms with van der Waals surface area (Å²) in [6.45, 7) is 6.76. The van der Waals surface area contributed by atoms with Gasteiger partial charge in [-0.05, 0) is 69.5 Å². The number of carbonyl (C=O) groups excluding carboxylic acids is 2. The fourth-order valence-corrected chi connectivity index (χ4v) is 4.29. The van der Waals surface area contributed by atoms with E-state index >= 15 is 0 Å². The number of methoxy groups -OCH3 is 1. The lowest BCUT2D eigenvalue weighted by molar-refractivity contribution is -0.124. The SMILES string of the molecule is COc1ccc(CCNC(=O)COC(=O)c2cc(S(=O)(=O)NC(C)(C)C)ccc2C)cc1. The predicted molar refractivity (Wildman–Crippen MR) is 121 cm³/mol. The number of esters is 1. The highest BCUT2D eigenvalue weighted by atomic mass is 32.2. The second-order valence-corrected chi connectivity index (χ2v) is 10.0. The van der Waals surface area contributed by atoms with E-state index in [0.717, 1.165) is 11.3 Å². The van der Waals surface area contributed by atoms with Crippen LogP contribution in [0.2, 0.25) is 0 Å². The van der Waals surface area contributed by atoms with Crippen molar-refractivity contribution in [3.05, 3.63) is 59.2 Å². The number of nitrogens with one attached hydrogen (secondary N) is 2. The van der Waals surface area contributed by atoms with Crippen LogP contribution in [-0.4, -0.2) is 46.1 Å². The molecule has 2 aromatic carbocycles. The molecule has 8 nitrogen and oxygen atoms in total. The Labute approximate surface area is 189 Å². The van der Waals surface area contributed by atoms with Crippen molar-refractivity contribution in [2.45, 2.75) is 44.6 Å². The molecule has 0 fully saturated rings. The fraction of sp³-hybridized carbons (Fsp3) is 0.391. The molecule has 0 aliphatic carbocycles. The average molecular weight is 463 g/mol. The molecule has 9 heteroatoms. The lowest BCUT2D eigenvalue weighted by Gasteiger charge is -2.20. The molecule has 174 valence electrons. The molecule has 0 aliphatic rings. The monoisotopic (exact) mass is 462 g/mol. The second kappa shape index (κ2) is 10.6. The van der Waals surface area contributed by atoms with Crippen molar-refractivity contribution < 1.29 is 27.5 Å². The Hall–Kier alpha value is -2.91. The van der Waals surface area contributed by atoms with E-state index in [-0.39, 0.29) is 10.5 Å². The summed E-state index contributed by atoms with van der Waals surface area (Å²) >= 11 is 0.